The van der Waals surface area contributed by atoms with Crippen LogP contribution in [0.1, 0.15) is 5.56 Å². The van der Waals surface area contributed by atoms with E-state index in [4.69, 9.17) is 5.26 Å². The summed E-state index contributed by atoms with van der Waals surface area (Å²) >= 11 is 4.39. The second-order valence-electron chi connectivity index (χ2n) is 1.71. The highest BCUT2D eigenvalue weighted by Gasteiger charge is 1.99. The molecule has 0 aliphatic carbocycles. The molecule has 0 unspecified atom stereocenters. The standard InChI is InChI=1S/C7H3I2N/c8-6-3-1-2-5(4-10)7(6)9/h1-3H. The molecule has 3 heteroatoms. The minimum Gasteiger partial charge on any atom is -0.192 e. The number of rotatable bonds is 0. The molecule has 1 nitrogen and oxygen atoms in total. The summed E-state index contributed by atoms with van der Waals surface area (Å²) in [7, 11) is 0. The summed E-state index contributed by atoms with van der Waals surface area (Å²) in [6.07, 6.45) is 0. The molecule has 0 saturated carbocycles. The Hall–Kier alpha value is 0.170. The number of nitrogens with zero attached hydrogens (tertiary/aromatic N) is 1. The van der Waals surface area contributed by atoms with Crippen molar-refractivity contribution < 1.29 is 0 Å². The van der Waals surface area contributed by atoms with Crippen LogP contribution < -0.4 is 0 Å². The Balaban J connectivity index is 3.31. The quantitative estimate of drug-likeness (QED) is 0.657. The van der Waals surface area contributed by atoms with E-state index in [1.54, 1.807) is 0 Å². The van der Waals surface area contributed by atoms with Crippen LogP contribution in [0, 0.1) is 18.5 Å². The first kappa shape index (κ1) is 8.27. The van der Waals surface area contributed by atoms with Gasteiger partial charge in [-0.2, -0.15) is 5.26 Å². The van der Waals surface area contributed by atoms with Crippen molar-refractivity contribution in [1.29, 1.82) is 5.26 Å². The first-order chi connectivity index (χ1) is 4.75. The fraction of sp³-hybridized carbons (Fsp3) is 0. The average Bonchev–Trinajstić information content (AvgIpc) is 1.95. The Kier molecular flexibility index (Phi) is 2.92. The number of hydrogen-bond acceptors (Lipinski definition) is 1. The number of hydrogen-bond donors (Lipinski definition) is 0. The summed E-state index contributed by atoms with van der Waals surface area (Å²) in [5.41, 5.74) is 0.757. The molecule has 0 fully saturated rings. The van der Waals surface area contributed by atoms with Crippen molar-refractivity contribution in [1.82, 2.24) is 0 Å². The molecule has 1 aromatic rings. The molecule has 0 spiro atoms. The summed E-state index contributed by atoms with van der Waals surface area (Å²) in [5.74, 6) is 0. The van der Waals surface area contributed by atoms with Crippen LogP contribution in [0.5, 0.6) is 0 Å². The highest BCUT2D eigenvalue weighted by Crippen LogP contribution is 2.17. The van der Waals surface area contributed by atoms with Gasteiger partial charge < -0.3 is 0 Å². The zero-order valence-corrected chi connectivity index (χ0v) is 9.25. The van der Waals surface area contributed by atoms with Gasteiger partial charge >= 0.3 is 0 Å². The Morgan fingerprint density at radius 3 is 2.50 bits per heavy atom. The van der Waals surface area contributed by atoms with Gasteiger partial charge in [-0.05, 0) is 57.3 Å². The van der Waals surface area contributed by atoms with Gasteiger partial charge in [0.1, 0.15) is 6.07 Å². The van der Waals surface area contributed by atoms with Crippen molar-refractivity contribution in [2.24, 2.45) is 0 Å². The summed E-state index contributed by atoms with van der Waals surface area (Å²) in [6, 6.07) is 7.83. The average molecular weight is 355 g/mol. The summed E-state index contributed by atoms with van der Waals surface area (Å²) in [6.45, 7) is 0. The lowest BCUT2D eigenvalue weighted by atomic mass is 10.2. The third kappa shape index (κ3) is 1.61. The Morgan fingerprint density at radius 1 is 1.30 bits per heavy atom. The molecule has 0 aromatic heterocycles. The van der Waals surface area contributed by atoms with Gasteiger partial charge in [0, 0.05) is 7.14 Å². The molecule has 0 aliphatic heterocycles. The maximum Gasteiger partial charge on any atom is 0.100 e. The molecule has 1 rings (SSSR count). The smallest absolute Gasteiger partial charge is 0.100 e. The van der Waals surface area contributed by atoms with Crippen molar-refractivity contribution in [2.45, 2.75) is 0 Å². The van der Waals surface area contributed by atoms with E-state index in [1.807, 2.05) is 18.2 Å². The molecule has 0 aliphatic rings. The highest BCUT2D eigenvalue weighted by molar-refractivity contribution is 14.1. The van der Waals surface area contributed by atoms with Crippen molar-refractivity contribution in [3.63, 3.8) is 0 Å². The van der Waals surface area contributed by atoms with Gasteiger partial charge in [-0.15, -0.1) is 0 Å². The van der Waals surface area contributed by atoms with E-state index in [2.05, 4.69) is 51.3 Å². The molecular formula is C7H3I2N. The Bertz CT molecular complexity index is 288. The fourth-order valence-electron chi connectivity index (χ4n) is 0.590. The van der Waals surface area contributed by atoms with E-state index in [1.165, 1.54) is 0 Å². The lowest BCUT2D eigenvalue weighted by molar-refractivity contribution is 1.45. The van der Waals surface area contributed by atoms with E-state index >= 15 is 0 Å². The van der Waals surface area contributed by atoms with Crippen LogP contribution in [-0.2, 0) is 0 Å². The second kappa shape index (κ2) is 3.53. The molecule has 0 radical (unpaired) electrons. The van der Waals surface area contributed by atoms with Crippen LogP contribution in [-0.4, -0.2) is 0 Å². The number of nitriles is 1. The predicted molar refractivity (Wildman–Crippen MR) is 56.6 cm³/mol. The minimum atomic E-state index is 0.757. The van der Waals surface area contributed by atoms with E-state index in [0.29, 0.717) is 0 Å². The van der Waals surface area contributed by atoms with Crippen molar-refractivity contribution in [3.8, 4) is 6.07 Å². The third-order valence-electron chi connectivity index (χ3n) is 1.07. The SMILES string of the molecule is N#Cc1cccc(I)c1I. The van der Waals surface area contributed by atoms with Crippen LogP contribution in [0.2, 0.25) is 0 Å². The molecule has 0 heterocycles. The molecule has 0 bridgehead atoms. The van der Waals surface area contributed by atoms with Crippen LogP contribution >= 0.6 is 45.2 Å². The number of benzene rings is 1. The summed E-state index contributed by atoms with van der Waals surface area (Å²) in [5, 5.41) is 8.58. The topological polar surface area (TPSA) is 23.8 Å². The Labute approximate surface area is 86.7 Å². The van der Waals surface area contributed by atoms with Crippen LogP contribution in [0.4, 0.5) is 0 Å². The lowest BCUT2D eigenvalue weighted by Crippen LogP contribution is -1.83. The van der Waals surface area contributed by atoms with Gasteiger partial charge in [0.2, 0.25) is 0 Å². The molecule has 0 N–H and O–H groups in total. The maximum absolute atomic E-state index is 8.58. The van der Waals surface area contributed by atoms with Crippen molar-refractivity contribution in [2.75, 3.05) is 0 Å². The molecule has 50 valence electrons. The van der Waals surface area contributed by atoms with Gasteiger partial charge in [0.25, 0.3) is 0 Å². The van der Waals surface area contributed by atoms with E-state index in [-0.39, 0.29) is 0 Å². The first-order valence-corrected chi connectivity index (χ1v) is 4.75. The summed E-state index contributed by atoms with van der Waals surface area (Å²) < 4.78 is 2.18. The number of halogens is 2. The molecule has 0 atom stereocenters. The van der Waals surface area contributed by atoms with Gasteiger partial charge in [-0.3, -0.25) is 0 Å². The lowest BCUT2D eigenvalue weighted by Gasteiger charge is -1.95. The van der Waals surface area contributed by atoms with Crippen LogP contribution in [0.15, 0.2) is 18.2 Å². The van der Waals surface area contributed by atoms with Crippen molar-refractivity contribution >= 4 is 45.2 Å². The maximum atomic E-state index is 8.58. The second-order valence-corrected chi connectivity index (χ2v) is 3.95. The van der Waals surface area contributed by atoms with E-state index in [9.17, 15) is 0 Å². The third-order valence-corrected chi connectivity index (χ3v) is 4.17. The fourth-order valence-corrected chi connectivity index (χ4v) is 1.57. The highest BCUT2D eigenvalue weighted by atomic mass is 127. The van der Waals surface area contributed by atoms with Gasteiger partial charge in [-0.1, -0.05) is 6.07 Å². The molecular weight excluding hydrogens is 352 g/mol. The Morgan fingerprint density at radius 2 is 2.00 bits per heavy atom. The van der Waals surface area contributed by atoms with Gasteiger partial charge in [0.05, 0.1) is 5.56 Å². The van der Waals surface area contributed by atoms with Gasteiger partial charge in [-0.25, -0.2) is 0 Å². The normalized spacial score (nSPS) is 8.90. The molecule has 1 aromatic carbocycles. The first-order valence-electron chi connectivity index (χ1n) is 2.60. The van der Waals surface area contributed by atoms with E-state index in [0.717, 1.165) is 12.7 Å². The van der Waals surface area contributed by atoms with Gasteiger partial charge in [0.15, 0.2) is 0 Å². The minimum absolute atomic E-state index is 0.757. The van der Waals surface area contributed by atoms with Crippen LogP contribution in [0.25, 0.3) is 0 Å². The van der Waals surface area contributed by atoms with Crippen molar-refractivity contribution in [3.05, 3.63) is 30.9 Å². The molecule has 0 saturated heterocycles. The van der Waals surface area contributed by atoms with E-state index < -0.39 is 0 Å². The van der Waals surface area contributed by atoms with Crippen LogP contribution in [0.3, 0.4) is 0 Å². The predicted octanol–water partition coefficient (Wildman–Crippen LogP) is 2.77. The molecule has 10 heavy (non-hydrogen) atoms. The molecule has 0 amide bonds. The summed E-state index contributed by atoms with van der Waals surface area (Å²) in [4.78, 5) is 0. The monoisotopic (exact) mass is 355 g/mol. The zero-order chi connectivity index (χ0) is 7.56. The largest absolute Gasteiger partial charge is 0.192 e. The zero-order valence-electron chi connectivity index (χ0n) is 4.94.